The van der Waals surface area contributed by atoms with Gasteiger partial charge in [-0.2, -0.15) is 0 Å². The van der Waals surface area contributed by atoms with Gasteiger partial charge in [0.2, 0.25) is 5.75 Å². The van der Waals surface area contributed by atoms with Crippen molar-refractivity contribution in [1.29, 1.82) is 0 Å². The molecule has 0 radical (unpaired) electrons. The van der Waals surface area contributed by atoms with E-state index in [4.69, 9.17) is 9.84 Å². The van der Waals surface area contributed by atoms with Crippen molar-refractivity contribution in [2.45, 2.75) is 12.8 Å². The van der Waals surface area contributed by atoms with Crippen molar-refractivity contribution in [2.75, 3.05) is 20.3 Å². The van der Waals surface area contributed by atoms with Gasteiger partial charge in [-0.05, 0) is 18.9 Å². The summed E-state index contributed by atoms with van der Waals surface area (Å²) < 4.78 is 4.94. The summed E-state index contributed by atoms with van der Waals surface area (Å²) in [6.07, 6.45) is 1.23. The minimum atomic E-state index is -0.596. The number of aliphatic hydroxyl groups excluding tert-OH is 1. The van der Waals surface area contributed by atoms with Crippen LogP contribution in [0, 0.1) is 10.1 Å². The van der Waals surface area contributed by atoms with Crippen LogP contribution in [0.1, 0.15) is 23.2 Å². The molecule has 1 aromatic carbocycles. The maximum Gasteiger partial charge on any atom is 0.311 e. The molecule has 104 valence electrons. The molecule has 7 heteroatoms. The number of methoxy groups -OCH3 is 1. The van der Waals surface area contributed by atoms with E-state index in [1.807, 2.05) is 0 Å². The number of para-hydroxylation sites is 1. The predicted octanol–water partition coefficient (Wildman–Crippen LogP) is 1.11. The summed E-state index contributed by atoms with van der Waals surface area (Å²) in [6.45, 7) is 0.460. The van der Waals surface area contributed by atoms with Crippen LogP contribution in [0.5, 0.6) is 5.75 Å². The number of nitrogens with one attached hydrogen (secondary N) is 1. The van der Waals surface area contributed by atoms with Gasteiger partial charge in [0.05, 0.1) is 17.6 Å². The zero-order valence-electron chi connectivity index (χ0n) is 10.6. The van der Waals surface area contributed by atoms with Gasteiger partial charge >= 0.3 is 5.69 Å². The molecule has 2 N–H and O–H groups in total. The highest BCUT2D eigenvalue weighted by Crippen LogP contribution is 2.30. The average molecular weight is 268 g/mol. The molecule has 0 heterocycles. The van der Waals surface area contributed by atoms with Crippen LogP contribution >= 0.6 is 0 Å². The lowest BCUT2D eigenvalue weighted by Gasteiger charge is -2.09. The largest absolute Gasteiger partial charge is 0.490 e. The number of amides is 1. The van der Waals surface area contributed by atoms with E-state index < -0.39 is 10.8 Å². The van der Waals surface area contributed by atoms with E-state index in [1.54, 1.807) is 0 Å². The molecule has 7 nitrogen and oxygen atoms in total. The van der Waals surface area contributed by atoms with Crippen LogP contribution in [0.2, 0.25) is 0 Å². The van der Waals surface area contributed by atoms with E-state index in [1.165, 1.54) is 25.3 Å². The van der Waals surface area contributed by atoms with Crippen molar-refractivity contribution < 1.29 is 19.6 Å². The van der Waals surface area contributed by atoms with Gasteiger partial charge in [-0.15, -0.1) is 0 Å². The Morgan fingerprint density at radius 1 is 1.47 bits per heavy atom. The normalized spacial score (nSPS) is 10.0. The standard InChI is InChI=1S/C12H16N2O5/c1-19-11-9(5-4-6-10(11)14(17)18)12(16)13-7-2-3-8-15/h4-6,15H,2-3,7-8H2,1H3,(H,13,16). The number of nitro benzene ring substituents is 1. The Kier molecular flexibility index (Phi) is 5.74. The van der Waals surface area contributed by atoms with Gasteiger partial charge in [0.1, 0.15) is 0 Å². The Bertz CT molecular complexity index is 461. The Hall–Kier alpha value is -2.15. The van der Waals surface area contributed by atoms with E-state index >= 15 is 0 Å². The minimum Gasteiger partial charge on any atom is -0.490 e. The first-order valence-corrected chi connectivity index (χ1v) is 5.82. The molecule has 0 aromatic heterocycles. The summed E-state index contributed by atoms with van der Waals surface area (Å²) >= 11 is 0. The molecule has 0 aliphatic rings. The summed E-state index contributed by atoms with van der Waals surface area (Å²) in [5, 5.41) is 22.1. The second-order valence-corrected chi connectivity index (χ2v) is 3.80. The molecular formula is C12H16N2O5. The Morgan fingerprint density at radius 2 is 2.21 bits per heavy atom. The van der Waals surface area contributed by atoms with Crippen LogP contribution in [0.15, 0.2) is 18.2 Å². The molecular weight excluding hydrogens is 252 g/mol. The Labute approximate surface area is 110 Å². The third-order valence-electron chi connectivity index (χ3n) is 2.51. The fourth-order valence-corrected chi connectivity index (χ4v) is 1.60. The topological polar surface area (TPSA) is 102 Å². The summed E-state index contributed by atoms with van der Waals surface area (Å²) in [7, 11) is 1.28. The summed E-state index contributed by atoms with van der Waals surface area (Å²) in [5.74, 6) is -0.481. The van der Waals surface area contributed by atoms with Gasteiger partial charge in [0.15, 0.2) is 0 Å². The number of hydrogen-bond acceptors (Lipinski definition) is 5. The van der Waals surface area contributed by atoms with Crippen LogP contribution in [-0.4, -0.2) is 36.2 Å². The predicted molar refractivity (Wildman–Crippen MR) is 68.3 cm³/mol. The number of carbonyl (C=O) groups is 1. The van der Waals surface area contributed by atoms with Gasteiger partial charge in [-0.25, -0.2) is 0 Å². The van der Waals surface area contributed by atoms with Gasteiger partial charge in [-0.1, -0.05) is 6.07 Å². The highest BCUT2D eigenvalue weighted by molar-refractivity contribution is 5.98. The lowest BCUT2D eigenvalue weighted by molar-refractivity contribution is -0.385. The second-order valence-electron chi connectivity index (χ2n) is 3.80. The van der Waals surface area contributed by atoms with Gasteiger partial charge < -0.3 is 15.2 Å². The zero-order valence-corrected chi connectivity index (χ0v) is 10.6. The van der Waals surface area contributed by atoms with E-state index in [-0.39, 0.29) is 23.6 Å². The molecule has 0 aliphatic carbocycles. The molecule has 19 heavy (non-hydrogen) atoms. The van der Waals surface area contributed by atoms with Crippen LogP contribution in [0.25, 0.3) is 0 Å². The maximum absolute atomic E-state index is 11.9. The highest BCUT2D eigenvalue weighted by atomic mass is 16.6. The van der Waals surface area contributed by atoms with Gasteiger partial charge in [0.25, 0.3) is 5.91 Å². The fraction of sp³-hybridized carbons (Fsp3) is 0.417. The van der Waals surface area contributed by atoms with Crippen molar-refractivity contribution in [3.8, 4) is 5.75 Å². The number of benzene rings is 1. The van der Waals surface area contributed by atoms with E-state index in [0.29, 0.717) is 19.4 Å². The maximum atomic E-state index is 11.9. The number of rotatable bonds is 7. The summed E-state index contributed by atoms with van der Waals surface area (Å²) in [4.78, 5) is 22.1. The molecule has 0 fully saturated rings. The molecule has 0 saturated heterocycles. The van der Waals surface area contributed by atoms with Crippen molar-refractivity contribution in [3.63, 3.8) is 0 Å². The minimum absolute atomic E-state index is 0.0489. The third kappa shape index (κ3) is 3.92. The van der Waals surface area contributed by atoms with Crippen LogP contribution in [0.4, 0.5) is 5.69 Å². The number of nitrogens with zero attached hydrogens (tertiary/aromatic N) is 1. The van der Waals surface area contributed by atoms with Crippen LogP contribution in [-0.2, 0) is 0 Å². The first-order chi connectivity index (χ1) is 9.11. The number of unbranched alkanes of at least 4 members (excludes halogenated alkanes) is 1. The van der Waals surface area contributed by atoms with Gasteiger partial charge in [0, 0.05) is 19.2 Å². The number of aliphatic hydroxyl groups is 1. The van der Waals surface area contributed by atoms with Crippen molar-refractivity contribution in [1.82, 2.24) is 5.32 Å². The molecule has 0 spiro atoms. The van der Waals surface area contributed by atoms with Crippen LogP contribution in [0.3, 0.4) is 0 Å². The Balaban J connectivity index is 2.84. The lowest BCUT2D eigenvalue weighted by Crippen LogP contribution is -2.25. The molecule has 0 atom stereocenters. The quantitative estimate of drug-likeness (QED) is 0.438. The van der Waals surface area contributed by atoms with E-state index in [2.05, 4.69) is 5.32 Å². The smallest absolute Gasteiger partial charge is 0.311 e. The Morgan fingerprint density at radius 3 is 2.79 bits per heavy atom. The van der Waals surface area contributed by atoms with Gasteiger partial charge in [-0.3, -0.25) is 14.9 Å². The lowest BCUT2D eigenvalue weighted by atomic mass is 10.1. The van der Waals surface area contributed by atoms with Crippen LogP contribution < -0.4 is 10.1 Å². The molecule has 0 saturated carbocycles. The monoisotopic (exact) mass is 268 g/mol. The molecule has 0 bridgehead atoms. The number of hydrogen-bond donors (Lipinski definition) is 2. The SMILES string of the molecule is COc1c(C(=O)NCCCCO)cccc1[N+](=O)[O-]. The molecule has 0 aliphatic heterocycles. The second kappa shape index (κ2) is 7.32. The number of carbonyl (C=O) groups excluding carboxylic acids is 1. The fourth-order valence-electron chi connectivity index (χ4n) is 1.60. The molecule has 1 aromatic rings. The van der Waals surface area contributed by atoms with Crippen molar-refractivity contribution >= 4 is 11.6 Å². The molecule has 0 unspecified atom stereocenters. The number of ether oxygens (including phenoxy) is 1. The number of nitro groups is 1. The van der Waals surface area contributed by atoms with Crippen molar-refractivity contribution in [2.24, 2.45) is 0 Å². The third-order valence-corrected chi connectivity index (χ3v) is 2.51. The molecule has 1 amide bonds. The van der Waals surface area contributed by atoms with E-state index in [9.17, 15) is 14.9 Å². The first kappa shape index (κ1) is 14.9. The summed E-state index contributed by atoms with van der Waals surface area (Å²) in [6, 6.07) is 4.18. The first-order valence-electron chi connectivity index (χ1n) is 5.82. The average Bonchev–Trinajstić information content (AvgIpc) is 2.42. The zero-order chi connectivity index (χ0) is 14.3. The molecule has 1 rings (SSSR count). The van der Waals surface area contributed by atoms with E-state index in [0.717, 1.165) is 0 Å². The summed E-state index contributed by atoms with van der Waals surface area (Å²) in [5.41, 5.74) is -0.119. The highest BCUT2D eigenvalue weighted by Gasteiger charge is 2.21. The van der Waals surface area contributed by atoms with Crippen molar-refractivity contribution in [3.05, 3.63) is 33.9 Å².